The standard InChI is InChI=1S/C28H19N3O4/c1-33-25-15-21-20-9-5-6-10-23(20)34-24(21)16-22(25)29-26(32)17-11-13-19(14-12-17)28-31-30-27(35-28)18-7-3-2-4-8-18/h2-16H,1H3,(H,29,32). The minimum Gasteiger partial charge on any atom is -0.495 e. The van der Waals surface area contributed by atoms with Crippen molar-refractivity contribution in [2.45, 2.75) is 0 Å². The second kappa shape index (κ2) is 8.46. The lowest BCUT2D eigenvalue weighted by atomic mass is 10.1. The summed E-state index contributed by atoms with van der Waals surface area (Å²) in [5, 5.41) is 13.1. The van der Waals surface area contributed by atoms with Crippen molar-refractivity contribution < 1.29 is 18.4 Å². The van der Waals surface area contributed by atoms with Crippen LogP contribution in [0.2, 0.25) is 0 Å². The van der Waals surface area contributed by atoms with Gasteiger partial charge in [0.2, 0.25) is 11.8 Å². The van der Waals surface area contributed by atoms with Gasteiger partial charge in [0.1, 0.15) is 16.9 Å². The Morgan fingerprint density at radius 1 is 0.743 bits per heavy atom. The fourth-order valence-electron chi connectivity index (χ4n) is 4.01. The predicted molar refractivity (Wildman–Crippen MR) is 133 cm³/mol. The fourth-order valence-corrected chi connectivity index (χ4v) is 4.01. The van der Waals surface area contributed by atoms with Gasteiger partial charge in [0.15, 0.2) is 0 Å². The average Bonchev–Trinajstić information content (AvgIpc) is 3.54. The largest absolute Gasteiger partial charge is 0.495 e. The van der Waals surface area contributed by atoms with E-state index in [0.29, 0.717) is 34.4 Å². The smallest absolute Gasteiger partial charge is 0.255 e. The predicted octanol–water partition coefficient (Wildman–Crippen LogP) is 6.56. The van der Waals surface area contributed by atoms with Crippen molar-refractivity contribution in [2.24, 2.45) is 0 Å². The summed E-state index contributed by atoms with van der Waals surface area (Å²) >= 11 is 0. The molecule has 6 aromatic rings. The summed E-state index contributed by atoms with van der Waals surface area (Å²) in [6.07, 6.45) is 0. The Morgan fingerprint density at radius 2 is 1.43 bits per heavy atom. The Hall–Kier alpha value is -4.91. The third-order valence-electron chi connectivity index (χ3n) is 5.79. The van der Waals surface area contributed by atoms with Gasteiger partial charge in [-0.2, -0.15) is 0 Å². The van der Waals surface area contributed by atoms with Crippen LogP contribution in [0.4, 0.5) is 5.69 Å². The third kappa shape index (κ3) is 3.79. The zero-order valence-corrected chi connectivity index (χ0v) is 18.7. The van der Waals surface area contributed by atoms with Crippen LogP contribution in [0.1, 0.15) is 10.4 Å². The highest BCUT2D eigenvalue weighted by Gasteiger charge is 2.16. The molecule has 4 aromatic carbocycles. The molecule has 0 unspecified atom stereocenters. The number of carbonyl (C=O) groups is 1. The molecule has 0 spiro atoms. The van der Waals surface area contributed by atoms with Gasteiger partial charge in [-0.25, -0.2) is 0 Å². The van der Waals surface area contributed by atoms with E-state index in [9.17, 15) is 4.79 Å². The lowest BCUT2D eigenvalue weighted by molar-refractivity contribution is 0.102. The number of aromatic nitrogens is 2. The van der Waals surface area contributed by atoms with Crippen LogP contribution in [0, 0.1) is 0 Å². The maximum absolute atomic E-state index is 13.0. The van der Waals surface area contributed by atoms with E-state index in [2.05, 4.69) is 15.5 Å². The van der Waals surface area contributed by atoms with Crippen molar-refractivity contribution in [3.05, 3.63) is 96.6 Å². The number of hydrogen-bond donors (Lipinski definition) is 1. The Morgan fingerprint density at radius 3 is 2.17 bits per heavy atom. The fraction of sp³-hybridized carbons (Fsp3) is 0.0357. The van der Waals surface area contributed by atoms with Crippen molar-refractivity contribution >= 4 is 33.5 Å². The number of furan rings is 1. The number of nitrogens with one attached hydrogen (secondary N) is 1. The molecule has 7 heteroatoms. The molecule has 0 radical (unpaired) electrons. The van der Waals surface area contributed by atoms with E-state index in [1.165, 1.54) is 0 Å². The molecule has 0 saturated carbocycles. The van der Waals surface area contributed by atoms with Crippen LogP contribution in [0.5, 0.6) is 5.75 Å². The van der Waals surface area contributed by atoms with Crippen LogP contribution in [0.15, 0.2) is 99.8 Å². The zero-order valence-electron chi connectivity index (χ0n) is 18.7. The number of fused-ring (bicyclic) bond motifs is 3. The third-order valence-corrected chi connectivity index (χ3v) is 5.79. The summed E-state index contributed by atoms with van der Waals surface area (Å²) in [5.41, 5.74) is 4.01. The van der Waals surface area contributed by atoms with Crippen molar-refractivity contribution in [3.8, 4) is 28.7 Å². The van der Waals surface area contributed by atoms with E-state index in [1.54, 1.807) is 37.4 Å². The van der Waals surface area contributed by atoms with E-state index in [-0.39, 0.29) is 5.91 Å². The topological polar surface area (TPSA) is 90.4 Å². The lowest BCUT2D eigenvalue weighted by Gasteiger charge is -2.10. The first kappa shape index (κ1) is 20.7. The molecule has 1 N–H and O–H groups in total. The SMILES string of the molecule is COc1cc2c(cc1NC(=O)c1ccc(-c3nnc(-c4ccccc4)o3)cc1)oc1ccccc12. The number of amides is 1. The second-order valence-electron chi connectivity index (χ2n) is 7.96. The molecule has 1 amide bonds. The Labute approximate surface area is 200 Å². The molecule has 0 saturated heterocycles. The number of carbonyl (C=O) groups excluding carboxylic acids is 1. The minimum absolute atomic E-state index is 0.277. The van der Waals surface area contributed by atoms with Gasteiger partial charge in [-0.3, -0.25) is 4.79 Å². The molecule has 0 bridgehead atoms. The first-order valence-corrected chi connectivity index (χ1v) is 11.0. The summed E-state index contributed by atoms with van der Waals surface area (Å²) in [6.45, 7) is 0. The molecule has 0 aliphatic heterocycles. The van der Waals surface area contributed by atoms with Gasteiger partial charge >= 0.3 is 0 Å². The van der Waals surface area contributed by atoms with Crippen molar-refractivity contribution in [3.63, 3.8) is 0 Å². The van der Waals surface area contributed by atoms with Crippen LogP contribution in [0.25, 0.3) is 44.8 Å². The summed E-state index contributed by atoms with van der Waals surface area (Å²) in [6, 6.07) is 28.0. The van der Waals surface area contributed by atoms with Gasteiger partial charge in [-0.15, -0.1) is 10.2 Å². The number of methoxy groups -OCH3 is 1. The maximum Gasteiger partial charge on any atom is 0.255 e. The van der Waals surface area contributed by atoms with Crippen LogP contribution in [-0.2, 0) is 0 Å². The normalized spacial score (nSPS) is 11.1. The maximum atomic E-state index is 13.0. The summed E-state index contributed by atoms with van der Waals surface area (Å²) in [5.74, 6) is 1.09. The molecule has 0 aliphatic rings. The van der Waals surface area contributed by atoms with Crippen LogP contribution in [0.3, 0.4) is 0 Å². The molecule has 2 aromatic heterocycles. The van der Waals surface area contributed by atoms with Gasteiger partial charge in [0, 0.05) is 33.5 Å². The van der Waals surface area contributed by atoms with Crippen LogP contribution >= 0.6 is 0 Å². The summed E-state index contributed by atoms with van der Waals surface area (Å²) in [7, 11) is 1.57. The summed E-state index contributed by atoms with van der Waals surface area (Å²) < 4.78 is 17.3. The Kier molecular flexibility index (Phi) is 5.00. The van der Waals surface area contributed by atoms with E-state index in [1.807, 2.05) is 60.7 Å². The number of rotatable bonds is 5. The van der Waals surface area contributed by atoms with Gasteiger partial charge < -0.3 is 18.9 Å². The monoisotopic (exact) mass is 461 g/mol. The highest BCUT2D eigenvalue weighted by atomic mass is 16.5. The van der Waals surface area contributed by atoms with Crippen molar-refractivity contribution in [2.75, 3.05) is 12.4 Å². The first-order chi connectivity index (χ1) is 17.2. The molecule has 7 nitrogen and oxygen atoms in total. The molecular weight excluding hydrogens is 442 g/mol. The molecule has 2 heterocycles. The number of nitrogens with zero attached hydrogens (tertiary/aromatic N) is 2. The second-order valence-corrected chi connectivity index (χ2v) is 7.96. The zero-order chi connectivity index (χ0) is 23.8. The molecule has 0 atom stereocenters. The van der Waals surface area contributed by atoms with Gasteiger partial charge in [0.25, 0.3) is 5.91 Å². The van der Waals surface area contributed by atoms with E-state index >= 15 is 0 Å². The number of ether oxygens (including phenoxy) is 1. The first-order valence-electron chi connectivity index (χ1n) is 11.0. The number of para-hydroxylation sites is 1. The van der Waals surface area contributed by atoms with Crippen LogP contribution < -0.4 is 10.1 Å². The van der Waals surface area contributed by atoms with Gasteiger partial charge in [-0.1, -0.05) is 36.4 Å². The van der Waals surface area contributed by atoms with Crippen LogP contribution in [-0.4, -0.2) is 23.2 Å². The summed E-state index contributed by atoms with van der Waals surface area (Å²) in [4.78, 5) is 13.0. The Bertz CT molecular complexity index is 1670. The molecule has 0 fully saturated rings. The minimum atomic E-state index is -0.277. The number of benzene rings is 4. The van der Waals surface area contributed by atoms with Crippen molar-refractivity contribution in [1.29, 1.82) is 0 Å². The van der Waals surface area contributed by atoms with E-state index < -0.39 is 0 Å². The highest BCUT2D eigenvalue weighted by Crippen LogP contribution is 2.36. The van der Waals surface area contributed by atoms with Crippen molar-refractivity contribution in [1.82, 2.24) is 10.2 Å². The number of anilines is 1. The van der Waals surface area contributed by atoms with E-state index in [4.69, 9.17) is 13.6 Å². The molecule has 6 rings (SSSR count). The Balaban J connectivity index is 1.25. The average molecular weight is 461 g/mol. The highest BCUT2D eigenvalue weighted by molar-refractivity contribution is 6.10. The molecule has 0 aliphatic carbocycles. The molecule has 170 valence electrons. The number of hydrogen-bond acceptors (Lipinski definition) is 6. The quantitative estimate of drug-likeness (QED) is 0.312. The van der Waals surface area contributed by atoms with Gasteiger partial charge in [0.05, 0.1) is 12.8 Å². The lowest BCUT2D eigenvalue weighted by Crippen LogP contribution is -2.12. The molecular formula is C28H19N3O4. The van der Waals surface area contributed by atoms with Gasteiger partial charge in [-0.05, 0) is 48.5 Å². The van der Waals surface area contributed by atoms with E-state index in [0.717, 1.165) is 27.5 Å². The molecule has 35 heavy (non-hydrogen) atoms.